The van der Waals surface area contributed by atoms with E-state index in [9.17, 15) is 4.79 Å². The molecule has 0 radical (unpaired) electrons. The molecule has 0 bridgehead atoms. The Labute approximate surface area is 162 Å². The highest BCUT2D eigenvalue weighted by Gasteiger charge is 2.25. The number of nitrogens with zero attached hydrogens (tertiary/aromatic N) is 4. The van der Waals surface area contributed by atoms with Gasteiger partial charge in [0.2, 0.25) is 12.7 Å². The summed E-state index contributed by atoms with van der Waals surface area (Å²) in [5.41, 5.74) is 2.56. The van der Waals surface area contributed by atoms with Gasteiger partial charge in [0.25, 0.3) is 0 Å². The summed E-state index contributed by atoms with van der Waals surface area (Å²) in [7, 11) is 1.62. The molecule has 2 aromatic carbocycles. The lowest BCUT2D eigenvalue weighted by Crippen LogP contribution is -2.38. The summed E-state index contributed by atoms with van der Waals surface area (Å²) < 4.78 is 17.7. The van der Waals surface area contributed by atoms with E-state index in [0.29, 0.717) is 25.4 Å². The molecule has 1 aliphatic heterocycles. The van der Waals surface area contributed by atoms with Gasteiger partial charge in [-0.2, -0.15) is 0 Å². The number of carbonyl (C=O) groups excluding carboxylic acids is 1. The number of para-hydroxylation sites is 1. The zero-order valence-electron chi connectivity index (χ0n) is 15.9. The second-order valence-corrected chi connectivity index (χ2v) is 6.64. The van der Waals surface area contributed by atoms with Crippen molar-refractivity contribution in [3.05, 3.63) is 48.0 Å². The van der Waals surface area contributed by atoms with Gasteiger partial charge in [-0.15, -0.1) is 5.10 Å². The summed E-state index contributed by atoms with van der Waals surface area (Å²) >= 11 is 0. The van der Waals surface area contributed by atoms with Crippen LogP contribution >= 0.6 is 0 Å². The molecule has 3 aromatic rings. The van der Waals surface area contributed by atoms with Crippen molar-refractivity contribution in [1.29, 1.82) is 0 Å². The van der Waals surface area contributed by atoms with Crippen LogP contribution in [-0.2, 0) is 16.1 Å². The maximum absolute atomic E-state index is 13.3. The van der Waals surface area contributed by atoms with Crippen molar-refractivity contribution in [3.63, 3.8) is 0 Å². The maximum Gasteiger partial charge on any atom is 0.247 e. The molecule has 0 saturated carbocycles. The van der Waals surface area contributed by atoms with Crippen molar-refractivity contribution in [2.45, 2.75) is 19.5 Å². The highest BCUT2D eigenvalue weighted by Crippen LogP contribution is 2.33. The molecule has 0 spiro atoms. The average Bonchev–Trinajstić information content (AvgIpc) is 3.36. The number of hydrogen-bond donors (Lipinski definition) is 0. The molecule has 4 rings (SSSR count). The molecule has 8 nitrogen and oxygen atoms in total. The van der Waals surface area contributed by atoms with Gasteiger partial charge in [-0.3, -0.25) is 4.79 Å². The standard InChI is InChI=1S/C20H22N4O4/c1-14(24-17-6-4-3-5-16(17)21-22-24)20(25)23(9-10-26-2)12-15-7-8-18-19(11-15)28-13-27-18/h3-8,11,14H,9-10,12-13H2,1-2H3. The van der Waals surface area contributed by atoms with Crippen LogP contribution in [0.15, 0.2) is 42.5 Å². The Morgan fingerprint density at radius 3 is 2.93 bits per heavy atom. The minimum Gasteiger partial charge on any atom is -0.454 e. The van der Waals surface area contributed by atoms with Gasteiger partial charge in [0.05, 0.1) is 12.1 Å². The fourth-order valence-corrected chi connectivity index (χ4v) is 3.27. The fourth-order valence-electron chi connectivity index (χ4n) is 3.27. The normalized spacial score (nSPS) is 13.6. The van der Waals surface area contributed by atoms with Crippen LogP contribution in [-0.4, -0.2) is 52.9 Å². The zero-order chi connectivity index (χ0) is 19.5. The van der Waals surface area contributed by atoms with Gasteiger partial charge in [0.15, 0.2) is 11.5 Å². The third-order valence-electron chi connectivity index (χ3n) is 4.79. The van der Waals surface area contributed by atoms with Gasteiger partial charge < -0.3 is 19.1 Å². The van der Waals surface area contributed by atoms with E-state index in [1.54, 1.807) is 16.7 Å². The SMILES string of the molecule is COCCN(Cc1ccc2c(c1)OCO2)C(=O)C(C)n1nnc2ccccc21. The Hall–Kier alpha value is -3.13. The molecule has 1 aliphatic rings. The summed E-state index contributed by atoms with van der Waals surface area (Å²) in [5.74, 6) is 1.37. The van der Waals surface area contributed by atoms with E-state index >= 15 is 0 Å². The molecule has 1 atom stereocenters. The molecule has 1 amide bonds. The molecule has 28 heavy (non-hydrogen) atoms. The summed E-state index contributed by atoms with van der Waals surface area (Å²) in [6.45, 7) is 3.42. The summed E-state index contributed by atoms with van der Waals surface area (Å²) in [6.07, 6.45) is 0. The van der Waals surface area contributed by atoms with E-state index in [-0.39, 0.29) is 12.7 Å². The van der Waals surface area contributed by atoms with Gasteiger partial charge in [-0.05, 0) is 36.8 Å². The van der Waals surface area contributed by atoms with Crippen LogP contribution in [0.5, 0.6) is 11.5 Å². The number of ether oxygens (including phenoxy) is 3. The van der Waals surface area contributed by atoms with Crippen molar-refractivity contribution < 1.29 is 19.0 Å². The third kappa shape index (κ3) is 3.50. The van der Waals surface area contributed by atoms with Crippen molar-refractivity contribution in [3.8, 4) is 11.5 Å². The van der Waals surface area contributed by atoms with Crippen molar-refractivity contribution in [2.75, 3.05) is 27.1 Å². The second kappa shape index (κ2) is 7.85. The monoisotopic (exact) mass is 382 g/mol. The van der Waals surface area contributed by atoms with E-state index in [2.05, 4.69) is 10.3 Å². The number of hydrogen-bond acceptors (Lipinski definition) is 6. The summed E-state index contributed by atoms with van der Waals surface area (Å²) in [5, 5.41) is 8.34. The number of methoxy groups -OCH3 is 1. The Balaban J connectivity index is 1.56. The molecule has 0 N–H and O–H groups in total. The molecule has 0 saturated heterocycles. The summed E-state index contributed by atoms with van der Waals surface area (Å²) in [6, 6.07) is 12.8. The van der Waals surface area contributed by atoms with Gasteiger partial charge in [-0.25, -0.2) is 4.68 Å². The third-order valence-corrected chi connectivity index (χ3v) is 4.79. The first kappa shape index (κ1) is 18.2. The minimum absolute atomic E-state index is 0.0506. The molecule has 1 aromatic heterocycles. The quantitative estimate of drug-likeness (QED) is 0.624. The van der Waals surface area contributed by atoms with Crippen LogP contribution in [0.2, 0.25) is 0 Å². The van der Waals surface area contributed by atoms with Crippen LogP contribution in [0.1, 0.15) is 18.5 Å². The Bertz CT molecular complexity index is 987. The zero-order valence-corrected chi connectivity index (χ0v) is 15.9. The molecule has 1 unspecified atom stereocenters. The van der Waals surface area contributed by atoms with E-state index in [1.165, 1.54) is 0 Å². The smallest absolute Gasteiger partial charge is 0.247 e. The van der Waals surface area contributed by atoms with Crippen LogP contribution in [0, 0.1) is 0 Å². The predicted molar refractivity (Wildman–Crippen MR) is 102 cm³/mol. The highest BCUT2D eigenvalue weighted by molar-refractivity contribution is 5.83. The first-order valence-electron chi connectivity index (χ1n) is 9.13. The van der Waals surface area contributed by atoms with Crippen LogP contribution in [0.4, 0.5) is 0 Å². The van der Waals surface area contributed by atoms with E-state index in [0.717, 1.165) is 22.3 Å². The van der Waals surface area contributed by atoms with Crippen LogP contribution < -0.4 is 9.47 Å². The molecule has 8 heteroatoms. The second-order valence-electron chi connectivity index (χ2n) is 6.64. The number of fused-ring (bicyclic) bond motifs is 2. The molecule has 2 heterocycles. The first-order valence-corrected chi connectivity index (χ1v) is 9.13. The number of aromatic nitrogens is 3. The van der Waals surface area contributed by atoms with E-state index in [4.69, 9.17) is 14.2 Å². The molecule has 0 aliphatic carbocycles. The predicted octanol–water partition coefficient (Wildman–Crippen LogP) is 2.40. The molecular formula is C20H22N4O4. The largest absolute Gasteiger partial charge is 0.454 e. The Morgan fingerprint density at radius 2 is 2.07 bits per heavy atom. The number of amides is 1. The van der Waals surface area contributed by atoms with E-state index < -0.39 is 6.04 Å². The topological polar surface area (TPSA) is 78.7 Å². The number of carbonyl (C=O) groups is 1. The van der Waals surface area contributed by atoms with Crippen molar-refractivity contribution in [1.82, 2.24) is 19.9 Å². The van der Waals surface area contributed by atoms with Gasteiger partial charge in [-0.1, -0.05) is 23.4 Å². The fraction of sp³-hybridized carbons (Fsp3) is 0.350. The Kier molecular flexibility index (Phi) is 5.12. The van der Waals surface area contributed by atoms with Gasteiger partial charge in [0.1, 0.15) is 11.6 Å². The first-order chi connectivity index (χ1) is 13.7. The lowest BCUT2D eigenvalue weighted by molar-refractivity contribution is -0.135. The minimum atomic E-state index is -0.488. The molecular weight excluding hydrogens is 360 g/mol. The van der Waals surface area contributed by atoms with Gasteiger partial charge >= 0.3 is 0 Å². The average molecular weight is 382 g/mol. The van der Waals surface area contributed by atoms with E-state index in [1.807, 2.05) is 49.4 Å². The van der Waals surface area contributed by atoms with Crippen molar-refractivity contribution in [2.24, 2.45) is 0 Å². The number of benzene rings is 2. The van der Waals surface area contributed by atoms with Crippen molar-refractivity contribution >= 4 is 16.9 Å². The Morgan fingerprint density at radius 1 is 1.25 bits per heavy atom. The highest BCUT2D eigenvalue weighted by atomic mass is 16.7. The summed E-state index contributed by atoms with van der Waals surface area (Å²) in [4.78, 5) is 15.0. The number of rotatable bonds is 7. The van der Waals surface area contributed by atoms with Crippen LogP contribution in [0.25, 0.3) is 11.0 Å². The molecule has 146 valence electrons. The van der Waals surface area contributed by atoms with Crippen LogP contribution in [0.3, 0.4) is 0 Å². The molecule has 0 fully saturated rings. The lowest BCUT2D eigenvalue weighted by Gasteiger charge is -2.26. The maximum atomic E-state index is 13.3. The van der Waals surface area contributed by atoms with Gasteiger partial charge in [0, 0.05) is 20.2 Å². The lowest BCUT2D eigenvalue weighted by atomic mass is 10.1.